The Kier molecular flexibility index (Phi) is 3.79. The number of para-hydroxylation sites is 1. The Morgan fingerprint density at radius 2 is 2.17 bits per heavy atom. The molecule has 0 bridgehead atoms. The lowest BCUT2D eigenvalue weighted by Gasteiger charge is -2.07. The van der Waals surface area contributed by atoms with E-state index in [-0.39, 0.29) is 5.43 Å². The number of hydrogen-bond donors (Lipinski definition) is 1. The number of H-pyrrole nitrogens is 1. The van der Waals surface area contributed by atoms with Gasteiger partial charge in [-0.15, -0.1) is 0 Å². The van der Waals surface area contributed by atoms with Crippen molar-refractivity contribution in [3.63, 3.8) is 0 Å². The topological polar surface area (TPSA) is 32.9 Å². The number of aromatic amines is 1. The van der Waals surface area contributed by atoms with Crippen molar-refractivity contribution in [1.29, 1.82) is 0 Å². The minimum Gasteiger partial charge on any atom is -0.357 e. The van der Waals surface area contributed by atoms with Crippen molar-refractivity contribution in [3.8, 4) is 0 Å². The van der Waals surface area contributed by atoms with Crippen molar-refractivity contribution in [3.05, 3.63) is 55.8 Å². The van der Waals surface area contributed by atoms with E-state index in [1.54, 1.807) is 25.1 Å². The number of aromatic nitrogens is 1. The second kappa shape index (κ2) is 5.17. The van der Waals surface area contributed by atoms with Crippen molar-refractivity contribution in [2.24, 2.45) is 0 Å². The molecule has 0 saturated heterocycles. The molecule has 0 aliphatic carbocycles. The third-order valence-electron chi connectivity index (χ3n) is 2.88. The predicted molar refractivity (Wildman–Crippen MR) is 77.6 cm³/mol. The number of pyridine rings is 1. The molecular formula is C14H13Cl2NO. The van der Waals surface area contributed by atoms with Gasteiger partial charge >= 0.3 is 0 Å². The molecule has 4 heteroatoms. The lowest BCUT2D eigenvalue weighted by Crippen LogP contribution is -2.12. The SMILES string of the molecule is C/C(Cl)=C/Cc1c(C)[nH]c2c(Cl)cccc2c1=O. The zero-order chi connectivity index (χ0) is 13.3. The van der Waals surface area contributed by atoms with Gasteiger partial charge in [-0.2, -0.15) is 0 Å². The third-order valence-corrected chi connectivity index (χ3v) is 3.35. The fourth-order valence-electron chi connectivity index (χ4n) is 1.92. The number of hydrogen-bond acceptors (Lipinski definition) is 1. The van der Waals surface area contributed by atoms with E-state index in [1.165, 1.54) is 0 Å². The van der Waals surface area contributed by atoms with Crippen LogP contribution in [0.15, 0.2) is 34.1 Å². The zero-order valence-electron chi connectivity index (χ0n) is 10.2. The van der Waals surface area contributed by atoms with Crippen molar-refractivity contribution in [2.45, 2.75) is 20.3 Å². The molecule has 0 spiro atoms. The molecule has 18 heavy (non-hydrogen) atoms. The Balaban J connectivity index is 2.70. The maximum Gasteiger partial charge on any atom is 0.193 e. The van der Waals surface area contributed by atoms with Gasteiger partial charge in [-0.05, 0) is 32.4 Å². The molecule has 0 unspecified atom stereocenters. The van der Waals surface area contributed by atoms with E-state index >= 15 is 0 Å². The van der Waals surface area contributed by atoms with E-state index < -0.39 is 0 Å². The fraction of sp³-hybridized carbons (Fsp3) is 0.214. The van der Waals surface area contributed by atoms with E-state index in [4.69, 9.17) is 23.2 Å². The van der Waals surface area contributed by atoms with Crippen LogP contribution in [0.1, 0.15) is 18.2 Å². The number of rotatable bonds is 2. The lowest BCUT2D eigenvalue weighted by atomic mass is 10.1. The van der Waals surface area contributed by atoms with Gasteiger partial charge in [0.25, 0.3) is 0 Å². The minimum atomic E-state index is 0.0120. The number of nitrogens with one attached hydrogen (secondary N) is 1. The Labute approximate surface area is 115 Å². The first-order valence-electron chi connectivity index (χ1n) is 5.63. The molecule has 0 saturated carbocycles. The third kappa shape index (κ3) is 2.45. The molecule has 1 N–H and O–H groups in total. The second-order valence-corrected chi connectivity index (χ2v) is 5.22. The van der Waals surface area contributed by atoms with Gasteiger partial charge < -0.3 is 4.98 Å². The van der Waals surface area contributed by atoms with Gasteiger partial charge in [0, 0.05) is 21.7 Å². The highest BCUT2D eigenvalue weighted by molar-refractivity contribution is 6.35. The van der Waals surface area contributed by atoms with Crippen molar-refractivity contribution in [1.82, 2.24) is 4.98 Å². The van der Waals surface area contributed by atoms with Crippen molar-refractivity contribution in [2.75, 3.05) is 0 Å². The molecule has 0 radical (unpaired) electrons. The van der Waals surface area contributed by atoms with Gasteiger partial charge in [0.1, 0.15) is 0 Å². The van der Waals surface area contributed by atoms with Crippen LogP contribution in [0.4, 0.5) is 0 Å². The van der Waals surface area contributed by atoms with Crippen LogP contribution in [-0.4, -0.2) is 4.98 Å². The summed E-state index contributed by atoms with van der Waals surface area (Å²) >= 11 is 11.9. The molecule has 0 fully saturated rings. The number of allylic oxidation sites excluding steroid dienone is 2. The summed E-state index contributed by atoms with van der Waals surface area (Å²) in [6, 6.07) is 5.32. The molecule has 2 rings (SSSR count). The molecule has 94 valence electrons. The number of fused-ring (bicyclic) bond motifs is 1. The standard InChI is InChI=1S/C14H13Cl2NO/c1-8(15)6-7-10-9(2)17-13-11(14(10)18)4-3-5-12(13)16/h3-6H,7H2,1-2H3,(H,17,18)/b8-6-. The molecule has 1 aromatic carbocycles. The predicted octanol–water partition coefficient (Wildman–Crippen LogP) is 4.18. The summed E-state index contributed by atoms with van der Waals surface area (Å²) in [5.74, 6) is 0. The Bertz CT molecular complexity index is 682. The summed E-state index contributed by atoms with van der Waals surface area (Å²) in [7, 11) is 0. The first-order valence-corrected chi connectivity index (χ1v) is 6.38. The van der Waals surface area contributed by atoms with Crippen LogP contribution in [0.3, 0.4) is 0 Å². The fourth-order valence-corrected chi connectivity index (χ4v) is 2.22. The quantitative estimate of drug-likeness (QED) is 0.880. The highest BCUT2D eigenvalue weighted by Gasteiger charge is 2.09. The molecular weight excluding hydrogens is 269 g/mol. The molecule has 0 aliphatic rings. The van der Waals surface area contributed by atoms with Gasteiger partial charge in [0.05, 0.1) is 10.5 Å². The van der Waals surface area contributed by atoms with Crippen LogP contribution in [0.5, 0.6) is 0 Å². The summed E-state index contributed by atoms with van der Waals surface area (Å²) in [6.07, 6.45) is 2.36. The van der Waals surface area contributed by atoms with E-state index in [1.807, 2.05) is 13.0 Å². The van der Waals surface area contributed by atoms with Crippen LogP contribution >= 0.6 is 23.2 Å². The maximum atomic E-state index is 12.4. The van der Waals surface area contributed by atoms with E-state index in [2.05, 4.69) is 4.98 Å². The minimum absolute atomic E-state index is 0.0120. The summed E-state index contributed by atoms with van der Waals surface area (Å²) in [5, 5.41) is 1.85. The van der Waals surface area contributed by atoms with Crippen LogP contribution in [-0.2, 0) is 6.42 Å². The molecule has 0 atom stereocenters. The molecule has 2 aromatic rings. The second-order valence-electron chi connectivity index (χ2n) is 4.22. The normalized spacial score (nSPS) is 12.1. The first-order chi connectivity index (χ1) is 8.50. The average Bonchev–Trinajstić information content (AvgIpc) is 2.30. The van der Waals surface area contributed by atoms with Gasteiger partial charge in [0.15, 0.2) is 5.43 Å². The number of benzene rings is 1. The van der Waals surface area contributed by atoms with Gasteiger partial charge in [0.2, 0.25) is 0 Å². The lowest BCUT2D eigenvalue weighted by molar-refractivity contribution is 1.11. The highest BCUT2D eigenvalue weighted by Crippen LogP contribution is 2.20. The number of halogens is 2. The van der Waals surface area contributed by atoms with E-state index in [0.29, 0.717) is 27.4 Å². The summed E-state index contributed by atoms with van der Waals surface area (Å²) < 4.78 is 0. The Hall–Kier alpha value is -1.25. The summed E-state index contributed by atoms with van der Waals surface area (Å²) in [6.45, 7) is 3.67. The smallest absolute Gasteiger partial charge is 0.193 e. The molecule has 0 amide bonds. The molecule has 1 aromatic heterocycles. The Morgan fingerprint density at radius 1 is 1.44 bits per heavy atom. The maximum absolute atomic E-state index is 12.4. The largest absolute Gasteiger partial charge is 0.357 e. The molecule has 2 nitrogen and oxygen atoms in total. The first kappa shape index (κ1) is 13.2. The van der Waals surface area contributed by atoms with Crippen LogP contribution < -0.4 is 5.43 Å². The van der Waals surface area contributed by atoms with E-state index in [0.717, 1.165) is 11.3 Å². The van der Waals surface area contributed by atoms with E-state index in [9.17, 15) is 4.79 Å². The summed E-state index contributed by atoms with van der Waals surface area (Å²) in [4.78, 5) is 15.5. The number of aryl methyl sites for hydroxylation is 1. The molecule has 1 heterocycles. The van der Waals surface area contributed by atoms with Crippen molar-refractivity contribution < 1.29 is 0 Å². The zero-order valence-corrected chi connectivity index (χ0v) is 11.7. The van der Waals surface area contributed by atoms with Crippen LogP contribution in [0.25, 0.3) is 10.9 Å². The van der Waals surface area contributed by atoms with Crippen LogP contribution in [0.2, 0.25) is 5.02 Å². The van der Waals surface area contributed by atoms with Gasteiger partial charge in [-0.1, -0.05) is 35.3 Å². The van der Waals surface area contributed by atoms with Crippen LogP contribution in [0, 0.1) is 6.92 Å². The molecule has 0 aliphatic heterocycles. The van der Waals surface area contributed by atoms with Crippen molar-refractivity contribution >= 4 is 34.1 Å². The summed E-state index contributed by atoms with van der Waals surface area (Å²) in [5.41, 5.74) is 2.26. The van der Waals surface area contributed by atoms with Gasteiger partial charge in [-0.25, -0.2) is 0 Å². The van der Waals surface area contributed by atoms with Gasteiger partial charge in [-0.3, -0.25) is 4.79 Å². The Morgan fingerprint density at radius 3 is 2.83 bits per heavy atom. The monoisotopic (exact) mass is 281 g/mol. The average molecular weight is 282 g/mol. The highest BCUT2D eigenvalue weighted by atomic mass is 35.5.